The van der Waals surface area contributed by atoms with Crippen molar-refractivity contribution in [3.05, 3.63) is 35.9 Å². The van der Waals surface area contributed by atoms with Gasteiger partial charge in [-0.05, 0) is 62.8 Å². The summed E-state index contributed by atoms with van der Waals surface area (Å²) >= 11 is 0. The number of rotatable bonds is 12. The monoisotopic (exact) mass is 711 g/mol. The first-order valence-corrected chi connectivity index (χ1v) is 18.1. The predicted molar refractivity (Wildman–Crippen MR) is 187 cm³/mol. The Morgan fingerprint density at radius 1 is 0.824 bits per heavy atom. The zero-order valence-electron chi connectivity index (χ0n) is 29.4. The first-order chi connectivity index (χ1) is 24.5. The topological polar surface area (TPSA) is 235 Å². The van der Waals surface area contributed by atoms with E-state index in [4.69, 9.17) is 5.73 Å². The molecule has 0 radical (unpaired) electrons. The molecule has 1 saturated carbocycles. The summed E-state index contributed by atoms with van der Waals surface area (Å²) in [6, 6.07) is 3.96. The highest BCUT2D eigenvalue weighted by Gasteiger charge is 2.35. The van der Waals surface area contributed by atoms with Gasteiger partial charge < -0.3 is 37.6 Å². The lowest BCUT2D eigenvalue weighted by Gasteiger charge is -2.31. The fraction of sp³-hybridized carbons (Fsp3) is 0.611. The Labute approximate surface area is 298 Å². The third-order valence-electron chi connectivity index (χ3n) is 9.22. The number of primary amides is 1. The molecule has 1 aliphatic carbocycles. The molecule has 4 atom stereocenters. The Morgan fingerprint density at radius 2 is 1.49 bits per heavy atom. The molecule has 8 N–H and O–H groups in total. The first-order valence-electron chi connectivity index (χ1n) is 18.1. The minimum absolute atomic E-state index is 0.0997. The van der Waals surface area contributed by atoms with E-state index in [1.54, 1.807) is 37.3 Å². The van der Waals surface area contributed by atoms with Crippen LogP contribution in [0.4, 0.5) is 0 Å². The zero-order chi connectivity index (χ0) is 37.2. The highest BCUT2D eigenvalue weighted by Crippen LogP contribution is 2.27. The quantitative estimate of drug-likeness (QED) is 0.152. The Morgan fingerprint density at radius 3 is 2.16 bits per heavy atom. The third-order valence-corrected chi connectivity index (χ3v) is 9.22. The molecule has 280 valence electrons. The van der Waals surface area contributed by atoms with E-state index in [0.717, 1.165) is 32.1 Å². The van der Waals surface area contributed by atoms with E-state index in [2.05, 4.69) is 31.9 Å². The van der Waals surface area contributed by atoms with E-state index in [1.807, 2.05) is 0 Å². The Hall–Kier alpha value is -4.82. The number of nitrogens with two attached hydrogens (primary N) is 1. The van der Waals surface area contributed by atoms with Crippen LogP contribution in [0.2, 0.25) is 0 Å². The molecule has 0 spiro atoms. The van der Waals surface area contributed by atoms with Gasteiger partial charge in [-0.2, -0.15) is 0 Å². The smallest absolute Gasteiger partial charge is 0.290 e. The Kier molecular flexibility index (Phi) is 17.0. The van der Waals surface area contributed by atoms with Crippen LogP contribution in [0, 0.1) is 5.92 Å². The van der Waals surface area contributed by atoms with Crippen LogP contribution in [-0.2, 0) is 38.4 Å². The number of amides is 7. The van der Waals surface area contributed by atoms with Crippen molar-refractivity contribution in [1.82, 2.24) is 31.9 Å². The van der Waals surface area contributed by atoms with Crippen LogP contribution in [0.3, 0.4) is 0 Å². The maximum absolute atomic E-state index is 13.8. The van der Waals surface area contributed by atoms with Gasteiger partial charge in [-0.25, -0.2) is 0 Å². The van der Waals surface area contributed by atoms with Gasteiger partial charge in [0.2, 0.25) is 41.2 Å². The first kappa shape index (κ1) is 40.6. The molecule has 15 nitrogen and oxygen atoms in total. The summed E-state index contributed by atoms with van der Waals surface area (Å²) in [5, 5.41) is 15.8. The molecular formula is C36H53N7O8. The summed E-state index contributed by atoms with van der Waals surface area (Å²) in [4.78, 5) is 103. The molecule has 1 unspecified atom stereocenters. The number of hydrogen-bond acceptors (Lipinski definition) is 8. The summed E-state index contributed by atoms with van der Waals surface area (Å²) < 4.78 is 0. The van der Waals surface area contributed by atoms with Crippen molar-refractivity contribution in [2.24, 2.45) is 11.7 Å². The maximum atomic E-state index is 13.8. The third kappa shape index (κ3) is 13.8. The molecule has 0 bridgehead atoms. The molecule has 51 heavy (non-hydrogen) atoms. The van der Waals surface area contributed by atoms with Gasteiger partial charge in [0, 0.05) is 19.4 Å². The molecule has 1 aromatic rings. The summed E-state index contributed by atoms with van der Waals surface area (Å²) in [5.41, 5.74) is 5.89. The average molecular weight is 712 g/mol. The number of carbonyl (C=O) groups is 8. The lowest BCUT2D eigenvalue weighted by Crippen LogP contribution is -2.58. The minimum Gasteiger partial charge on any atom is -0.368 e. The lowest BCUT2D eigenvalue weighted by molar-refractivity contribution is -0.141. The van der Waals surface area contributed by atoms with Crippen LogP contribution in [0.15, 0.2) is 30.3 Å². The second-order valence-corrected chi connectivity index (χ2v) is 13.3. The van der Waals surface area contributed by atoms with Crippen molar-refractivity contribution in [2.75, 3.05) is 13.1 Å². The highest BCUT2D eigenvalue weighted by atomic mass is 16.2. The van der Waals surface area contributed by atoms with Crippen LogP contribution in [0.25, 0.3) is 0 Å². The number of nitrogens with one attached hydrogen (secondary N) is 6. The molecule has 7 amide bonds. The average Bonchev–Trinajstić information content (AvgIpc) is 3.12. The van der Waals surface area contributed by atoms with Crippen molar-refractivity contribution < 1.29 is 38.4 Å². The van der Waals surface area contributed by atoms with E-state index < -0.39 is 66.0 Å². The number of hydrogen-bond donors (Lipinski definition) is 7. The van der Waals surface area contributed by atoms with E-state index in [-0.39, 0.29) is 43.4 Å². The lowest BCUT2D eigenvalue weighted by atomic mass is 9.83. The molecular weight excluding hydrogens is 658 g/mol. The van der Waals surface area contributed by atoms with Gasteiger partial charge in [-0.1, -0.05) is 62.9 Å². The van der Waals surface area contributed by atoms with Crippen LogP contribution in [-0.4, -0.2) is 78.3 Å². The fourth-order valence-electron chi connectivity index (χ4n) is 6.41. The summed E-state index contributed by atoms with van der Waals surface area (Å²) in [6.07, 6.45) is 7.60. The number of Topliss-reactive ketones (excluding diaryl/α,β-unsaturated/α-hetero) is 1. The fourth-order valence-corrected chi connectivity index (χ4v) is 6.41. The van der Waals surface area contributed by atoms with Crippen molar-refractivity contribution in [3.8, 4) is 0 Å². The van der Waals surface area contributed by atoms with Crippen molar-refractivity contribution in [1.29, 1.82) is 0 Å². The molecule has 15 heteroatoms. The van der Waals surface area contributed by atoms with Crippen LogP contribution in [0.5, 0.6) is 0 Å². The summed E-state index contributed by atoms with van der Waals surface area (Å²) in [5.74, 6) is -5.34. The van der Waals surface area contributed by atoms with Crippen molar-refractivity contribution >= 4 is 47.1 Å². The second-order valence-electron chi connectivity index (χ2n) is 13.3. The number of ketones is 1. The van der Waals surface area contributed by atoms with Gasteiger partial charge >= 0.3 is 0 Å². The molecule has 1 saturated heterocycles. The molecule has 2 fully saturated rings. The van der Waals surface area contributed by atoms with E-state index in [9.17, 15) is 38.4 Å². The SMILES string of the molecule is CCCC(NC(=O)[C@@H]1CCCCNC(=O)CCCCC(=O)N[C@@H](C2CCCCC2)C(=O)N1)C(=O)C(=O)NCC(=O)N[C@H](C(N)=O)c1ccccc1. The van der Waals surface area contributed by atoms with Gasteiger partial charge in [0.1, 0.15) is 18.1 Å². The van der Waals surface area contributed by atoms with Crippen LogP contribution < -0.4 is 37.6 Å². The Bertz CT molecular complexity index is 1380. The molecule has 2 aliphatic rings. The predicted octanol–water partition coefficient (Wildman–Crippen LogP) is 0.710. The van der Waals surface area contributed by atoms with Crippen molar-refractivity contribution in [2.45, 2.75) is 121 Å². The van der Waals surface area contributed by atoms with E-state index in [0.29, 0.717) is 44.2 Å². The van der Waals surface area contributed by atoms with Gasteiger partial charge in [-0.3, -0.25) is 38.4 Å². The number of benzene rings is 1. The highest BCUT2D eigenvalue weighted by molar-refractivity contribution is 6.38. The zero-order valence-corrected chi connectivity index (χ0v) is 29.4. The Balaban J connectivity index is 1.69. The minimum atomic E-state index is -1.25. The van der Waals surface area contributed by atoms with Gasteiger partial charge in [-0.15, -0.1) is 0 Å². The van der Waals surface area contributed by atoms with E-state index >= 15 is 0 Å². The van der Waals surface area contributed by atoms with Gasteiger partial charge in [0.25, 0.3) is 5.91 Å². The molecule has 1 aromatic carbocycles. The van der Waals surface area contributed by atoms with Crippen molar-refractivity contribution in [3.63, 3.8) is 0 Å². The largest absolute Gasteiger partial charge is 0.368 e. The normalized spacial score (nSPS) is 21.1. The number of carbonyl (C=O) groups excluding carboxylic acids is 8. The van der Waals surface area contributed by atoms with Crippen LogP contribution in [0.1, 0.15) is 108 Å². The second kappa shape index (κ2) is 21.4. The molecule has 1 aliphatic heterocycles. The molecule has 1 heterocycles. The maximum Gasteiger partial charge on any atom is 0.290 e. The molecule has 0 aromatic heterocycles. The van der Waals surface area contributed by atoms with Gasteiger partial charge in [0.15, 0.2) is 0 Å². The van der Waals surface area contributed by atoms with Gasteiger partial charge in [0.05, 0.1) is 12.6 Å². The van der Waals surface area contributed by atoms with Crippen LogP contribution >= 0.6 is 0 Å². The van der Waals surface area contributed by atoms with E-state index in [1.165, 1.54) is 0 Å². The standard InChI is InChI=1S/C36H53N7O8/c1-2-13-25(32(47)36(51)39-22-29(46)43-30(33(37)48)23-14-5-3-6-15-23)40-34(49)26-18-11-12-21-38-27(44)19-9-10-20-28(45)42-31(35(50)41-26)24-16-7-4-8-17-24/h3,5-6,14-15,24-26,30-31H,2,4,7-13,16-22H2,1H3,(H2,37,48)(H,38,44)(H,39,51)(H,40,49)(H,41,50)(H,42,45)(H,43,46)/t25?,26-,30-,31-/m0/s1. The molecule has 3 rings (SSSR count). The summed E-state index contributed by atoms with van der Waals surface area (Å²) in [6.45, 7) is 1.52. The summed E-state index contributed by atoms with van der Waals surface area (Å²) in [7, 11) is 0.